The summed E-state index contributed by atoms with van der Waals surface area (Å²) in [6.45, 7) is 1.71. The zero-order chi connectivity index (χ0) is 18.4. The Balaban J connectivity index is 1.58. The first-order valence-corrected chi connectivity index (χ1v) is 8.67. The number of esters is 1. The summed E-state index contributed by atoms with van der Waals surface area (Å²) < 4.78 is 10.5. The van der Waals surface area contributed by atoms with Gasteiger partial charge in [0.1, 0.15) is 5.58 Å². The van der Waals surface area contributed by atoms with Crippen molar-refractivity contribution in [1.82, 2.24) is 5.32 Å². The monoisotopic (exact) mass is 351 g/mol. The highest BCUT2D eigenvalue weighted by Gasteiger charge is 2.18. The van der Waals surface area contributed by atoms with E-state index < -0.39 is 5.97 Å². The van der Waals surface area contributed by atoms with Crippen LogP contribution >= 0.6 is 0 Å². The summed E-state index contributed by atoms with van der Waals surface area (Å²) in [5.41, 5.74) is 1.64. The van der Waals surface area contributed by atoms with Gasteiger partial charge in [-0.2, -0.15) is 0 Å². The van der Waals surface area contributed by atoms with E-state index in [1.807, 2.05) is 48.5 Å². The van der Waals surface area contributed by atoms with Crippen LogP contribution in [-0.2, 0) is 9.53 Å². The Morgan fingerprint density at radius 1 is 1.08 bits per heavy atom. The number of carbonyl (C=O) groups excluding carboxylic acids is 2. The lowest BCUT2D eigenvalue weighted by Gasteiger charge is -2.18. The van der Waals surface area contributed by atoms with E-state index in [4.69, 9.17) is 9.15 Å². The Morgan fingerprint density at radius 3 is 2.54 bits per heavy atom. The maximum absolute atomic E-state index is 12.2. The lowest BCUT2D eigenvalue weighted by molar-refractivity contribution is -0.125. The standard InChI is InChI=1S/C21H21NO4/c1-2-8-17(15-9-4-3-5-10-15)22-20(23)14-25-21(24)19-13-16-11-6-7-12-18(16)26-19/h3-7,9-13,17H,2,8,14H2,1H3,(H,22,23)/t17-/m0/s1. The Hall–Kier alpha value is -3.08. The molecule has 1 N–H and O–H groups in total. The summed E-state index contributed by atoms with van der Waals surface area (Å²) in [4.78, 5) is 24.3. The van der Waals surface area contributed by atoms with Crippen molar-refractivity contribution in [2.45, 2.75) is 25.8 Å². The van der Waals surface area contributed by atoms with E-state index in [0.717, 1.165) is 23.8 Å². The fourth-order valence-electron chi connectivity index (χ4n) is 2.82. The number of rotatable bonds is 7. The van der Waals surface area contributed by atoms with E-state index in [2.05, 4.69) is 12.2 Å². The molecule has 1 amide bonds. The molecule has 0 radical (unpaired) electrons. The van der Waals surface area contributed by atoms with Crippen molar-refractivity contribution in [2.75, 3.05) is 6.61 Å². The molecule has 1 aromatic heterocycles. The molecule has 5 nitrogen and oxygen atoms in total. The van der Waals surface area contributed by atoms with Gasteiger partial charge in [-0.15, -0.1) is 0 Å². The van der Waals surface area contributed by atoms with Crippen LogP contribution in [0, 0.1) is 0 Å². The molecule has 1 heterocycles. The predicted molar refractivity (Wildman–Crippen MR) is 98.7 cm³/mol. The fraction of sp³-hybridized carbons (Fsp3) is 0.238. The number of ether oxygens (including phenoxy) is 1. The average molecular weight is 351 g/mol. The molecule has 3 rings (SSSR count). The zero-order valence-corrected chi connectivity index (χ0v) is 14.6. The highest BCUT2D eigenvalue weighted by Crippen LogP contribution is 2.20. The normalized spacial score (nSPS) is 11.9. The highest BCUT2D eigenvalue weighted by molar-refractivity contribution is 5.93. The molecule has 0 aliphatic heterocycles. The van der Waals surface area contributed by atoms with Crippen LogP contribution in [0.15, 0.2) is 65.1 Å². The number of hydrogen-bond acceptors (Lipinski definition) is 4. The second-order valence-corrected chi connectivity index (χ2v) is 6.04. The van der Waals surface area contributed by atoms with E-state index in [9.17, 15) is 9.59 Å². The lowest BCUT2D eigenvalue weighted by Crippen LogP contribution is -2.32. The second kappa shape index (κ2) is 8.34. The number of amides is 1. The van der Waals surface area contributed by atoms with Crippen LogP contribution in [0.4, 0.5) is 0 Å². The van der Waals surface area contributed by atoms with E-state index in [-0.39, 0.29) is 24.3 Å². The average Bonchev–Trinajstić information content (AvgIpc) is 3.11. The molecule has 5 heteroatoms. The van der Waals surface area contributed by atoms with Crippen LogP contribution in [0.5, 0.6) is 0 Å². The van der Waals surface area contributed by atoms with Crippen LogP contribution in [0.25, 0.3) is 11.0 Å². The molecule has 0 saturated carbocycles. The van der Waals surface area contributed by atoms with Gasteiger partial charge in [0.2, 0.25) is 5.76 Å². The Bertz CT molecular complexity index is 852. The number of fused-ring (bicyclic) bond motifs is 1. The first kappa shape index (κ1) is 17.7. The zero-order valence-electron chi connectivity index (χ0n) is 14.6. The Labute approximate surface area is 152 Å². The minimum absolute atomic E-state index is 0.0900. The van der Waals surface area contributed by atoms with Crippen molar-refractivity contribution in [3.8, 4) is 0 Å². The Kier molecular flexibility index (Phi) is 5.69. The van der Waals surface area contributed by atoms with Crippen molar-refractivity contribution < 1.29 is 18.7 Å². The van der Waals surface area contributed by atoms with E-state index in [1.165, 1.54) is 0 Å². The molecule has 26 heavy (non-hydrogen) atoms. The van der Waals surface area contributed by atoms with Gasteiger partial charge >= 0.3 is 5.97 Å². The molecule has 0 aliphatic carbocycles. The number of furan rings is 1. The van der Waals surface area contributed by atoms with E-state index in [1.54, 1.807) is 12.1 Å². The molecule has 0 unspecified atom stereocenters. The minimum atomic E-state index is -0.650. The summed E-state index contributed by atoms with van der Waals surface area (Å²) in [7, 11) is 0. The van der Waals surface area contributed by atoms with Gasteiger partial charge in [0, 0.05) is 5.39 Å². The maximum Gasteiger partial charge on any atom is 0.374 e. The van der Waals surface area contributed by atoms with E-state index in [0.29, 0.717) is 5.58 Å². The van der Waals surface area contributed by atoms with Crippen LogP contribution in [-0.4, -0.2) is 18.5 Å². The SMILES string of the molecule is CCC[C@H](NC(=O)COC(=O)c1cc2ccccc2o1)c1ccccc1. The van der Waals surface area contributed by atoms with Gasteiger partial charge in [-0.25, -0.2) is 4.79 Å². The van der Waals surface area contributed by atoms with Gasteiger partial charge in [-0.05, 0) is 24.1 Å². The summed E-state index contributed by atoms with van der Waals surface area (Å²) in [6, 6.07) is 18.6. The third-order valence-electron chi connectivity index (χ3n) is 4.08. The van der Waals surface area contributed by atoms with Gasteiger partial charge in [-0.3, -0.25) is 4.79 Å². The fourth-order valence-corrected chi connectivity index (χ4v) is 2.82. The van der Waals surface area contributed by atoms with Crippen molar-refractivity contribution in [3.05, 3.63) is 72.0 Å². The van der Waals surface area contributed by atoms with Crippen LogP contribution in [0.2, 0.25) is 0 Å². The topological polar surface area (TPSA) is 68.5 Å². The molecule has 0 bridgehead atoms. The molecule has 3 aromatic rings. The summed E-state index contributed by atoms with van der Waals surface area (Å²) >= 11 is 0. The van der Waals surface area contributed by atoms with E-state index >= 15 is 0 Å². The molecule has 1 atom stereocenters. The molecule has 0 fully saturated rings. The van der Waals surface area contributed by atoms with Crippen molar-refractivity contribution >= 4 is 22.8 Å². The van der Waals surface area contributed by atoms with Crippen LogP contribution in [0.1, 0.15) is 41.9 Å². The third-order valence-corrected chi connectivity index (χ3v) is 4.08. The first-order valence-electron chi connectivity index (χ1n) is 8.67. The summed E-state index contributed by atoms with van der Waals surface area (Å²) in [6.07, 6.45) is 1.74. The molecule has 0 spiro atoms. The number of para-hydroxylation sites is 1. The second-order valence-electron chi connectivity index (χ2n) is 6.04. The largest absolute Gasteiger partial charge is 0.450 e. The quantitative estimate of drug-likeness (QED) is 0.646. The van der Waals surface area contributed by atoms with Gasteiger partial charge in [0.15, 0.2) is 6.61 Å². The summed E-state index contributed by atoms with van der Waals surface area (Å²) in [5, 5.41) is 3.74. The molecule has 134 valence electrons. The molecule has 0 saturated heterocycles. The summed E-state index contributed by atoms with van der Waals surface area (Å²) in [5.74, 6) is -0.896. The molecular weight excluding hydrogens is 330 g/mol. The Morgan fingerprint density at radius 2 is 1.81 bits per heavy atom. The number of carbonyl (C=O) groups is 2. The number of benzene rings is 2. The molecule has 2 aromatic carbocycles. The predicted octanol–water partition coefficient (Wildman–Crippen LogP) is 4.25. The van der Waals surface area contributed by atoms with Crippen molar-refractivity contribution in [3.63, 3.8) is 0 Å². The van der Waals surface area contributed by atoms with Gasteiger partial charge < -0.3 is 14.5 Å². The maximum atomic E-state index is 12.2. The number of hydrogen-bond donors (Lipinski definition) is 1. The van der Waals surface area contributed by atoms with Gasteiger partial charge in [0.25, 0.3) is 5.91 Å². The molecular formula is C21H21NO4. The smallest absolute Gasteiger partial charge is 0.374 e. The van der Waals surface area contributed by atoms with Crippen molar-refractivity contribution in [2.24, 2.45) is 0 Å². The van der Waals surface area contributed by atoms with Crippen LogP contribution in [0.3, 0.4) is 0 Å². The third kappa shape index (κ3) is 4.30. The van der Waals surface area contributed by atoms with Crippen molar-refractivity contribution in [1.29, 1.82) is 0 Å². The van der Waals surface area contributed by atoms with Crippen LogP contribution < -0.4 is 5.32 Å². The minimum Gasteiger partial charge on any atom is -0.450 e. The lowest BCUT2D eigenvalue weighted by atomic mass is 10.0. The molecule has 0 aliphatic rings. The van der Waals surface area contributed by atoms with Gasteiger partial charge in [-0.1, -0.05) is 61.9 Å². The van der Waals surface area contributed by atoms with Gasteiger partial charge in [0.05, 0.1) is 6.04 Å². The first-order chi connectivity index (χ1) is 12.7. The highest BCUT2D eigenvalue weighted by atomic mass is 16.5. The number of nitrogens with one attached hydrogen (secondary N) is 1.